The fourth-order valence-electron chi connectivity index (χ4n) is 2.01. The van der Waals surface area contributed by atoms with Gasteiger partial charge in [-0.25, -0.2) is 8.78 Å². The molecule has 3 nitrogen and oxygen atoms in total. The summed E-state index contributed by atoms with van der Waals surface area (Å²) in [5.41, 5.74) is -0.193. The maximum atomic E-state index is 13.5. The van der Waals surface area contributed by atoms with Gasteiger partial charge in [-0.15, -0.1) is 0 Å². The lowest BCUT2D eigenvalue weighted by molar-refractivity contribution is 0.107. The standard InChI is InChI=1S/C13H14F2N2O/c14-12-9(8-16)3-4-11(13(12)15)17-6-5-10-2-1-7-18-10/h3-4,10,17H,1-2,5-7H2. The number of nitrogens with zero attached hydrogens (tertiary/aromatic N) is 1. The molecule has 1 heterocycles. The van der Waals surface area contributed by atoms with E-state index in [1.54, 1.807) is 6.07 Å². The molecule has 0 radical (unpaired) electrons. The molecule has 0 bridgehead atoms. The van der Waals surface area contributed by atoms with Gasteiger partial charge in [-0.3, -0.25) is 0 Å². The van der Waals surface area contributed by atoms with E-state index in [1.807, 2.05) is 0 Å². The highest BCUT2D eigenvalue weighted by atomic mass is 19.2. The molecule has 2 rings (SSSR count). The summed E-state index contributed by atoms with van der Waals surface area (Å²) in [6.45, 7) is 1.30. The zero-order chi connectivity index (χ0) is 13.0. The van der Waals surface area contributed by atoms with Gasteiger partial charge in [0.25, 0.3) is 0 Å². The average Bonchev–Trinajstić information content (AvgIpc) is 2.88. The van der Waals surface area contributed by atoms with Crippen LogP contribution in [0.1, 0.15) is 24.8 Å². The predicted octanol–water partition coefficient (Wildman–Crippen LogP) is 2.82. The van der Waals surface area contributed by atoms with Gasteiger partial charge in [-0.1, -0.05) is 0 Å². The highest BCUT2D eigenvalue weighted by Crippen LogP contribution is 2.21. The number of nitriles is 1. The molecule has 1 aliphatic rings. The Hall–Kier alpha value is -1.67. The molecular formula is C13H14F2N2O. The van der Waals surface area contributed by atoms with Gasteiger partial charge in [-0.2, -0.15) is 5.26 Å². The van der Waals surface area contributed by atoms with Crippen molar-refractivity contribution < 1.29 is 13.5 Å². The van der Waals surface area contributed by atoms with E-state index in [0.29, 0.717) is 6.54 Å². The Labute approximate surface area is 104 Å². The van der Waals surface area contributed by atoms with E-state index in [1.165, 1.54) is 12.1 Å². The summed E-state index contributed by atoms with van der Waals surface area (Å²) < 4.78 is 32.3. The minimum absolute atomic E-state index is 0.0875. The summed E-state index contributed by atoms with van der Waals surface area (Å²) in [6.07, 6.45) is 3.06. The van der Waals surface area contributed by atoms with Crippen molar-refractivity contribution in [3.05, 3.63) is 29.3 Å². The first-order valence-corrected chi connectivity index (χ1v) is 5.96. The molecule has 1 saturated heterocycles. The van der Waals surface area contributed by atoms with Crippen molar-refractivity contribution in [3.8, 4) is 6.07 Å². The number of benzene rings is 1. The third-order valence-corrected chi connectivity index (χ3v) is 3.01. The van der Waals surface area contributed by atoms with Crippen LogP contribution in [0.25, 0.3) is 0 Å². The van der Waals surface area contributed by atoms with E-state index in [0.717, 1.165) is 25.9 Å². The molecule has 18 heavy (non-hydrogen) atoms. The number of hydrogen-bond acceptors (Lipinski definition) is 3. The van der Waals surface area contributed by atoms with Gasteiger partial charge in [0.2, 0.25) is 0 Å². The van der Waals surface area contributed by atoms with Gasteiger partial charge in [0.05, 0.1) is 17.4 Å². The number of nitrogens with one attached hydrogen (secondary N) is 1. The second-order valence-corrected chi connectivity index (χ2v) is 4.25. The Morgan fingerprint density at radius 2 is 2.22 bits per heavy atom. The third kappa shape index (κ3) is 2.77. The first-order chi connectivity index (χ1) is 8.72. The smallest absolute Gasteiger partial charge is 0.183 e. The fourth-order valence-corrected chi connectivity index (χ4v) is 2.01. The SMILES string of the molecule is N#Cc1ccc(NCCC2CCCO2)c(F)c1F. The predicted molar refractivity (Wildman–Crippen MR) is 63.2 cm³/mol. The normalized spacial score (nSPS) is 18.6. The number of anilines is 1. The van der Waals surface area contributed by atoms with Crippen molar-refractivity contribution in [2.24, 2.45) is 0 Å². The molecule has 5 heteroatoms. The van der Waals surface area contributed by atoms with Crippen molar-refractivity contribution in [3.63, 3.8) is 0 Å². The number of rotatable bonds is 4. The largest absolute Gasteiger partial charge is 0.382 e. The molecule has 0 amide bonds. The number of hydrogen-bond donors (Lipinski definition) is 1. The van der Waals surface area contributed by atoms with Gasteiger partial charge in [0, 0.05) is 13.2 Å². The van der Waals surface area contributed by atoms with Crippen molar-refractivity contribution in [2.75, 3.05) is 18.5 Å². The van der Waals surface area contributed by atoms with Crippen LogP contribution in [-0.2, 0) is 4.74 Å². The van der Waals surface area contributed by atoms with Gasteiger partial charge in [-0.05, 0) is 31.4 Å². The van der Waals surface area contributed by atoms with Gasteiger partial charge in [0.1, 0.15) is 6.07 Å². The van der Waals surface area contributed by atoms with Crippen LogP contribution >= 0.6 is 0 Å². The molecule has 96 valence electrons. The quantitative estimate of drug-likeness (QED) is 0.896. The van der Waals surface area contributed by atoms with Gasteiger partial charge < -0.3 is 10.1 Å². The highest BCUT2D eigenvalue weighted by Gasteiger charge is 2.16. The summed E-state index contributed by atoms with van der Waals surface area (Å²) in [7, 11) is 0. The molecule has 0 saturated carbocycles. The third-order valence-electron chi connectivity index (χ3n) is 3.01. The summed E-state index contributed by atoms with van der Waals surface area (Å²) in [5, 5.41) is 11.4. The van der Waals surface area contributed by atoms with Crippen LogP contribution < -0.4 is 5.32 Å². The Bertz CT molecular complexity index is 465. The van der Waals surface area contributed by atoms with E-state index < -0.39 is 11.6 Å². The van der Waals surface area contributed by atoms with E-state index in [9.17, 15) is 8.78 Å². The first-order valence-electron chi connectivity index (χ1n) is 5.96. The number of halogens is 2. The van der Waals surface area contributed by atoms with Crippen LogP contribution in [0.15, 0.2) is 12.1 Å². The maximum Gasteiger partial charge on any atom is 0.183 e. The Morgan fingerprint density at radius 3 is 2.89 bits per heavy atom. The summed E-state index contributed by atoms with van der Waals surface area (Å²) >= 11 is 0. The minimum atomic E-state index is -1.10. The van der Waals surface area contributed by atoms with Gasteiger partial charge in [0.15, 0.2) is 11.6 Å². The van der Waals surface area contributed by atoms with Crippen molar-refractivity contribution in [2.45, 2.75) is 25.4 Å². The lowest BCUT2D eigenvalue weighted by Gasteiger charge is -2.12. The second-order valence-electron chi connectivity index (χ2n) is 4.25. The van der Waals surface area contributed by atoms with E-state index in [4.69, 9.17) is 10.00 Å². The Balaban J connectivity index is 1.93. The zero-order valence-electron chi connectivity index (χ0n) is 9.88. The molecule has 0 aromatic heterocycles. The molecule has 1 fully saturated rings. The molecular weight excluding hydrogens is 238 g/mol. The van der Waals surface area contributed by atoms with Crippen LogP contribution in [-0.4, -0.2) is 19.3 Å². The lowest BCUT2D eigenvalue weighted by atomic mass is 10.1. The molecule has 1 atom stereocenters. The maximum absolute atomic E-state index is 13.5. The highest BCUT2D eigenvalue weighted by molar-refractivity contribution is 5.49. The van der Waals surface area contributed by atoms with Crippen LogP contribution in [0.3, 0.4) is 0 Å². The fraction of sp³-hybridized carbons (Fsp3) is 0.462. The van der Waals surface area contributed by atoms with Crippen molar-refractivity contribution >= 4 is 5.69 Å². The molecule has 1 aromatic carbocycles. The van der Waals surface area contributed by atoms with E-state index >= 15 is 0 Å². The topological polar surface area (TPSA) is 45.0 Å². The molecule has 1 unspecified atom stereocenters. The van der Waals surface area contributed by atoms with Crippen LogP contribution in [0.4, 0.5) is 14.5 Å². The number of ether oxygens (including phenoxy) is 1. The molecule has 1 aliphatic heterocycles. The molecule has 0 aliphatic carbocycles. The molecule has 1 N–H and O–H groups in total. The Kier molecular flexibility index (Phi) is 4.11. The van der Waals surface area contributed by atoms with E-state index in [2.05, 4.69) is 5.32 Å². The monoisotopic (exact) mass is 252 g/mol. The molecule has 1 aromatic rings. The van der Waals surface area contributed by atoms with Crippen LogP contribution in [0.5, 0.6) is 0 Å². The minimum Gasteiger partial charge on any atom is -0.382 e. The lowest BCUT2D eigenvalue weighted by Crippen LogP contribution is -2.13. The zero-order valence-corrected chi connectivity index (χ0v) is 9.88. The first kappa shape index (κ1) is 12.8. The van der Waals surface area contributed by atoms with Gasteiger partial charge >= 0.3 is 0 Å². The average molecular weight is 252 g/mol. The van der Waals surface area contributed by atoms with Crippen molar-refractivity contribution in [1.82, 2.24) is 0 Å². The summed E-state index contributed by atoms with van der Waals surface area (Å²) in [6, 6.07) is 4.25. The van der Waals surface area contributed by atoms with Crippen LogP contribution in [0.2, 0.25) is 0 Å². The summed E-state index contributed by atoms with van der Waals surface area (Å²) in [4.78, 5) is 0. The van der Waals surface area contributed by atoms with Crippen LogP contribution in [0, 0.1) is 23.0 Å². The second kappa shape index (κ2) is 5.78. The Morgan fingerprint density at radius 1 is 1.39 bits per heavy atom. The summed E-state index contributed by atoms with van der Waals surface area (Å²) in [5.74, 6) is -2.10. The molecule has 0 spiro atoms. The van der Waals surface area contributed by atoms with Crippen molar-refractivity contribution in [1.29, 1.82) is 5.26 Å². The van der Waals surface area contributed by atoms with E-state index in [-0.39, 0.29) is 17.4 Å².